The maximum Gasteiger partial charge on any atom is 0.292 e. The predicted molar refractivity (Wildman–Crippen MR) is 81.7 cm³/mol. The van der Waals surface area contributed by atoms with Crippen molar-refractivity contribution in [2.24, 2.45) is 7.05 Å². The first-order valence-corrected chi connectivity index (χ1v) is 6.60. The van der Waals surface area contributed by atoms with Crippen LogP contribution in [0, 0.1) is 11.8 Å². The Balaban J connectivity index is 2.36. The monoisotopic (exact) mass is 278 g/mol. The standard InChI is InChI=1S/C16H14N4O/c1-3-4-10-20-14-13(11-17-19(2)16(14)21)18-15(20)12-8-6-5-7-9-12/h5-9,11H,10H2,1-2H3. The lowest BCUT2D eigenvalue weighted by Gasteiger charge is -2.05. The lowest BCUT2D eigenvalue weighted by atomic mass is 10.2. The number of aromatic nitrogens is 4. The highest BCUT2D eigenvalue weighted by Gasteiger charge is 2.15. The molecule has 5 heteroatoms. The van der Waals surface area contributed by atoms with Gasteiger partial charge in [-0.15, -0.1) is 5.92 Å². The average molecular weight is 278 g/mol. The Bertz CT molecular complexity index is 910. The highest BCUT2D eigenvalue weighted by molar-refractivity contribution is 5.79. The van der Waals surface area contributed by atoms with E-state index in [2.05, 4.69) is 21.9 Å². The third-order valence-corrected chi connectivity index (χ3v) is 3.29. The summed E-state index contributed by atoms with van der Waals surface area (Å²) in [6.07, 6.45) is 1.61. The second kappa shape index (κ2) is 5.25. The van der Waals surface area contributed by atoms with E-state index in [4.69, 9.17) is 0 Å². The summed E-state index contributed by atoms with van der Waals surface area (Å²) in [5.41, 5.74) is 1.91. The Hall–Kier alpha value is -2.87. The van der Waals surface area contributed by atoms with Crippen molar-refractivity contribution < 1.29 is 0 Å². The van der Waals surface area contributed by atoms with E-state index in [0.717, 1.165) is 11.4 Å². The fourth-order valence-electron chi connectivity index (χ4n) is 2.25. The number of hydrogen-bond donors (Lipinski definition) is 0. The quantitative estimate of drug-likeness (QED) is 0.672. The largest absolute Gasteiger partial charge is 0.307 e. The van der Waals surface area contributed by atoms with Gasteiger partial charge in [-0.1, -0.05) is 36.3 Å². The predicted octanol–water partition coefficient (Wildman–Crippen LogP) is 1.82. The minimum Gasteiger partial charge on any atom is -0.307 e. The first kappa shape index (κ1) is 13.1. The molecule has 2 aromatic heterocycles. The molecule has 0 fully saturated rings. The minimum atomic E-state index is -0.167. The Labute approximate surface area is 121 Å². The highest BCUT2D eigenvalue weighted by atomic mass is 16.1. The van der Waals surface area contributed by atoms with Gasteiger partial charge in [0.2, 0.25) is 0 Å². The van der Waals surface area contributed by atoms with Crippen molar-refractivity contribution in [1.82, 2.24) is 19.3 Å². The summed E-state index contributed by atoms with van der Waals surface area (Å²) in [6, 6.07) is 9.77. The molecule has 3 aromatic rings. The molecule has 21 heavy (non-hydrogen) atoms. The number of aryl methyl sites for hydroxylation is 1. The van der Waals surface area contributed by atoms with Crippen LogP contribution in [0.15, 0.2) is 41.3 Å². The molecule has 0 amide bonds. The molecule has 1 aromatic carbocycles. The molecule has 5 nitrogen and oxygen atoms in total. The van der Waals surface area contributed by atoms with Crippen LogP contribution in [-0.4, -0.2) is 19.3 Å². The molecule has 0 spiro atoms. The van der Waals surface area contributed by atoms with Crippen molar-refractivity contribution in [2.75, 3.05) is 0 Å². The van der Waals surface area contributed by atoms with E-state index < -0.39 is 0 Å². The Morgan fingerprint density at radius 2 is 2.00 bits per heavy atom. The van der Waals surface area contributed by atoms with Crippen LogP contribution in [0.5, 0.6) is 0 Å². The van der Waals surface area contributed by atoms with Gasteiger partial charge in [-0.25, -0.2) is 9.67 Å². The minimum absolute atomic E-state index is 0.167. The number of nitrogens with zero attached hydrogens (tertiary/aromatic N) is 4. The van der Waals surface area contributed by atoms with Crippen molar-refractivity contribution in [3.05, 3.63) is 46.9 Å². The van der Waals surface area contributed by atoms with Crippen LogP contribution >= 0.6 is 0 Å². The van der Waals surface area contributed by atoms with E-state index in [1.807, 2.05) is 34.9 Å². The van der Waals surface area contributed by atoms with Gasteiger partial charge in [-0.2, -0.15) is 5.10 Å². The van der Waals surface area contributed by atoms with Crippen LogP contribution in [-0.2, 0) is 13.6 Å². The Morgan fingerprint density at radius 1 is 1.24 bits per heavy atom. The first-order chi connectivity index (χ1) is 10.2. The van der Waals surface area contributed by atoms with Crippen molar-refractivity contribution in [2.45, 2.75) is 13.5 Å². The fourth-order valence-corrected chi connectivity index (χ4v) is 2.25. The van der Waals surface area contributed by atoms with Gasteiger partial charge in [-0.05, 0) is 6.92 Å². The van der Waals surface area contributed by atoms with Gasteiger partial charge in [0.1, 0.15) is 16.9 Å². The van der Waals surface area contributed by atoms with Crippen molar-refractivity contribution >= 4 is 11.0 Å². The Morgan fingerprint density at radius 3 is 2.71 bits per heavy atom. The molecule has 104 valence electrons. The van der Waals surface area contributed by atoms with Gasteiger partial charge in [0, 0.05) is 12.6 Å². The third kappa shape index (κ3) is 2.21. The first-order valence-electron chi connectivity index (χ1n) is 6.60. The molecule has 0 saturated heterocycles. The molecule has 0 aliphatic rings. The Kier molecular flexibility index (Phi) is 3.28. The summed E-state index contributed by atoms with van der Waals surface area (Å²) in [5.74, 6) is 6.60. The zero-order valence-corrected chi connectivity index (χ0v) is 11.9. The van der Waals surface area contributed by atoms with Gasteiger partial charge in [0.15, 0.2) is 0 Å². The van der Waals surface area contributed by atoms with Crippen LogP contribution in [0.4, 0.5) is 0 Å². The fraction of sp³-hybridized carbons (Fsp3) is 0.188. The number of imidazole rings is 1. The van der Waals surface area contributed by atoms with E-state index in [1.54, 1.807) is 20.2 Å². The van der Waals surface area contributed by atoms with Crippen LogP contribution in [0.25, 0.3) is 22.4 Å². The molecular formula is C16H14N4O. The lowest BCUT2D eigenvalue weighted by Crippen LogP contribution is -2.21. The lowest BCUT2D eigenvalue weighted by molar-refractivity contribution is 0.710. The van der Waals surface area contributed by atoms with Gasteiger partial charge in [-0.3, -0.25) is 4.79 Å². The van der Waals surface area contributed by atoms with E-state index in [1.165, 1.54) is 4.68 Å². The number of rotatable bonds is 2. The van der Waals surface area contributed by atoms with Crippen LogP contribution in [0.2, 0.25) is 0 Å². The second-order valence-corrected chi connectivity index (χ2v) is 4.62. The molecule has 0 saturated carbocycles. The summed E-state index contributed by atoms with van der Waals surface area (Å²) >= 11 is 0. The van der Waals surface area contributed by atoms with Crippen LogP contribution in [0.1, 0.15) is 6.92 Å². The molecule has 0 N–H and O–H groups in total. The molecule has 0 aliphatic carbocycles. The zero-order valence-electron chi connectivity index (χ0n) is 11.9. The van der Waals surface area contributed by atoms with E-state index in [0.29, 0.717) is 17.6 Å². The van der Waals surface area contributed by atoms with Gasteiger partial charge >= 0.3 is 0 Å². The molecule has 2 heterocycles. The van der Waals surface area contributed by atoms with Gasteiger partial charge in [0.25, 0.3) is 5.56 Å². The van der Waals surface area contributed by atoms with Crippen LogP contribution in [0.3, 0.4) is 0 Å². The summed E-state index contributed by atoms with van der Waals surface area (Å²) in [4.78, 5) is 16.9. The maximum atomic E-state index is 12.3. The molecule has 0 radical (unpaired) electrons. The molecule has 0 atom stereocenters. The molecule has 3 rings (SSSR count). The van der Waals surface area contributed by atoms with E-state index >= 15 is 0 Å². The number of hydrogen-bond acceptors (Lipinski definition) is 3. The van der Waals surface area contributed by atoms with E-state index in [-0.39, 0.29) is 5.56 Å². The number of benzene rings is 1. The maximum absolute atomic E-state index is 12.3. The summed E-state index contributed by atoms with van der Waals surface area (Å²) in [5, 5.41) is 4.03. The van der Waals surface area contributed by atoms with Crippen molar-refractivity contribution in [3.63, 3.8) is 0 Å². The van der Waals surface area contributed by atoms with Gasteiger partial charge < -0.3 is 4.57 Å². The van der Waals surface area contributed by atoms with Gasteiger partial charge in [0.05, 0.1) is 12.7 Å². The SMILES string of the molecule is CC#CCn1c(-c2ccccc2)nc2cnn(C)c(=O)c21. The third-order valence-electron chi connectivity index (χ3n) is 3.29. The molecule has 0 bridgehead atoms. The van der Waals surface area contributed by atoms with E-state index in [9.17, 15) is 4.79 Å². The molecular weight excluding hydrogens is 264 g/mol. The molecule has 0 aliphatic heterocycles. The second-order valence-electron chi connectivity index (χ2n) is 4.62. The average Bonchev–Trinajstić information content (AvgIpc) is 2.89. The normalized spacial score (nSPS) is 10.4. The number of fused-ring (bicyclic) bond motifs is 1. The van der Waals surface area contributed by atoms with Crippen molar-refractivity contribution in [3.8, 4) is 23.2 Å². The smallest absolute Gasteiger partial charge is 0.292 e. The van der Waals surface area contributed by atoms with Crippen LogP contribution < -0.4 is 5.56 Å². The summed E-state index contributed by atoms with van der Waals surface area (Å²) in [7, 11) is 1.63. The molecule has 0 unspecified atom stereocenters. The van der Waals surface area contributed by atoms with Crippen molar-refractivity contribution in [1.29, 1.82) is 0 Å². The highest BCUT2D eigenvalue weighted by Crippen LogP contribution is 2.22. The zero-order chi connectivity index (χ0) is 14.8. The summed E-state index contributed by atoms with van der Waals surface area (Å²) < 4.78 is 3.17. The topological polar surface area (TPSA) is 52.7 Å². The summed E-state index contributed by atoms with van der Waals surface area (Å²) in [6.45, 7) is 2.21.